The van der Waals surface area contributed by atoms with Gasteiger partial charge in [-0.25, -0.2) is 0 Å². The summed E-state index contributed by atoms with van der Waals surface area (Å²) in [7, 11) is 0. The van der Waals surface area contributed by atoms with E-state index in [2.05, 4.69) is 17.4 Å². The van der Waals surface area contributed by atoms with Gasteiger partial charge in [-0.1, -0.05) is 6.07 Å². The molecule has 1 fully saturated rings. The first-order valence-corrected chi connectivity index (χ1v) is 7.34. The van der Waals surface area contributed by atoms with Crippen LogP contribution in [0.15, 0.2) is 23.1 Å². The lowest BCUT2D eigenvalue weighted by Gasteiger charge is -2.15. The average molecular weight is 247 g/mol. The maximum atomic E-state index is 12.0. The first-order chi connectivity index (χ1) is 8.33. The Morgan fingerprint density at radius 2 is 2.29 bits per heavy atom. The number of benzene rings is 1. The molecule has 1 heterocycles. The molecular weight excluding hydrogens is 230 g/mol. The van der Waals surface area contributed by atoms with Crippen LogP contribution in [0.4, 0.5) is 0 Å². The SMILES string of the molecule is O=C(CNC1CC1)c1ccc2c(c1)CCCS2. The molecule has 0 atom stereocenters. The lowest BCUT2D eigenvalue weighted by Crippen LogP contribution is -2.25. The van der Waals surface area contributed by atoms with Crippen molar-refractivity contribution in [3.8, 4) is 0 Å². The highest BCUT2D eigenvalue weighted by Crippen LogP contribution is 2.30. The Bertz CT molecular complexity index is 440. The fraction of sp³-hybridized carbons (Fsp3) is 0.500. The van der Waals surface area contributed by atoms with E-state index in [-0.39, 0.29) is 5.78 Å². The van der Waals surface area contributed by atoms with E-state index >= 15 is 0 Å². The molecule has 90 valence electrons. The number of thioether (sulfide) groups is 1. The summed E-state index contributed by atoms with van der Waals surface area (Å²) in [6, 6.07) is 6.79. The number of rotatable bonds is 4. The van der Waals surface area contributed by atoms with Gasteiger partial charge in [0.05, 0.1) is 6.54 Å². The Morgan fingerprint density at radius 3 is 3.12 bits per heavy atom. The number of aryl methyl sites for hydroxylation is 1. The summed E-state index contributed by atoms with van der Waals surface area (Å²) < 4.78 is 0. The third-order valence-electron chi connectivity index (χ3n) is 3.36. The van der Waals surface area contributed by atoms with Crippen LogP contribution in [0.3, 0.4) is 0 Å². The maximum absolute atomic E-state index is 12.0. The monoisotopic (exact) mass is 247 g/mol. The number of hydrogen-bond donors (Lipinski definition) is 1. The molecule has 0 unspecified atom stereocenters. The van der Waals surface area contributed by atoms with Crippen LogP contribution in [0.2, 0.25) is 0 Å². The Balaban J connectivity index is 1.70. The van der Waals surface area contributed by atoms with Crippen molar-refractivity contribution in [2.45, 2.75) is 36.6 Å². The van der Waals surface area contributed by atoms with Crippen LogP contribution in [-0.4, -0.2) is 24.1 Å². The van der Waals surface area contributed by atoms with Gasteiger partial charge in [0.25, 0.3) is 0 Å². The molecule has 1 aromatic rings. The molecule has 0 amide bonds. The molecule has 3 rings (SSSR count). The van der Waals surface area contributed by atoms with E-state index in [0.717, 1.165) is 12.0 Å². The molecule has 0 radical (unpaired) electrons. The Kier molecular flexibility index (Phi) is 3.21. The van der Waals surface area contributed by atoms with E-state index < -0.39 is 0 Å². The molecule has 3 heteroatoms. The molecule has 1 aromatic carbocycles. The number of carbonyl (C=O) groups excluding carboxylic acids is 1. The number of ketones is 1. The molecular formula is C14H17NOS. The quantitative estimate of drug-likeness (QED) is 0.829. The minimum Gasteiger partial charge on any atom is -0.307 e. The van der Waals surface area contributed by atoms with Crippen LogP contribution in [0.5, 0.6) is 0 Å². The third-order valence-corrected chi connectivity index (χ3v) is 4.56. The van der Waals surface area contributed by atoms with Crippen LogP contribution in [0.25, 0.3) is 0 Å². The maximum Gasteiger partial charge on any atom is 0.176 e. The van der Waals surface area contributed by atoms with Gasteiger partial charge in [-0.15, -0.1) is 11.8 Å². The Labute approximate surface area is 106 Å². The second-order valence-electron chi connectivity index (χ2n) is 4.85. The molecule has 1 saturated carbocycles. The third kappa shape index (κ3) is 2.72. The zero-order chi connectivity index (χ0) is 11.7. The topological polar surface area (TPSA) is 29.1 Å². The second kappa shape index (κ2) is 4.83. The summed E-state index contributed by atoms with van der Waals surface area (Å²) in [6.45, 7) is 0.497. The molecule has 1 aliphatic carbocycles. The number of fused-ring (bicyclic) bond motifs is 1. The highest BCUT2D eigenvalue weighted by Gasteiger charge is 2.21. The molecule has 1 aliphatic heterocycles. The normalized spacial score (nSPS) is 18.8. The molecule has 17 heavy (non-hydrogen) atoms. The Morgan fingerprint density at radius 1 is 1.41 bits per heavy atom. The standard InChI is InChI=1S/C14H17NOS/c16-13(9-15-12-4-5-12)10-3-6-14-11(8-10)2-1-7-17-14/h3,6,8,12,15H,1-2,4-5,7,9H2. The van der Waals surface area contributed by atoms with Gasteiger partial charge in [-0.3, -0.25) is 4.79 Å². The summed E-state index contributed by atoms with van der Waals surface area (Å²) in [6.07, 6.45) is 4.82. The van der Waals surface area contributed by atoms with Crippen LogP contribution in [0, 0.1) is 0 Å². The van der Waals surface area contributed by atoms with Crippen molar-refractivity contribution >= 4 is 17.5 Å². The number of carbonyl (C=O) groups is 1. The van der Waals surface area contributed by atoms with E-state index in [4.69, 9.17) is 0 Å². The minimum atomic E-state index is 0.232. The first kappa shape index (κ1) is 11.3. The smallest absolute Gasteiger partial charge is 0.176 e. The average Bonchev–Trinajstić information content (AvgIpc) is 3.19. The van der Waals surface area contributed by atoms with Gasteiger partial charge >= 0.3 is 0 Å². The number of hydrogen-bond acceptors (Lipinski definition) is 3. The van der Waals surface area contributed by atoms with Crippen molar-refractivity contribution in [2.24, 2.45) is 0 Å². The fourth-order valence-corrected chi connectivity index (χ4v) is 3.18. The Hall–Kier alpha value is -0.800. The largest absolute Gasteiger partial charge is 0.307 e. The van der Waals surface area contributed by atoms with Gasteiger partial charge < -0.3 is 5.32 Å². The van der Waals surface area contributed by atoms with Crippen molar-refractivity contribution < 1.29 is 4.79 Å². The summed E-state index contributed by atoms with van der Waals surface area (Å²) in [5.74, 6) is 1.44. The number of Topliss-reactive ketones (excluding diaryl/α,β-unsaturated/α-hetero) is 1. The molecule has 1 N–H and O–H groups in total. The summed E-state index contributed by atoms with van der Waals surface area (Å²) in [5.41, 5.74) is 2.23. The van der Waals surface area contributed by atoms with Gasteiger partial charge in [-0.2, -0.15) is 0 Å². The minimum absolute atomic E-state index is 0.232. The van der Waals surface area contributed by atoms with E-state index in [9.17, 15) is 4.79 Å². The van der Waals surface area contributed by atoms with E-state index in [1.54, 1.807) is 0 Å². The molecule has 0 saturated heterocycles. The van der Waals surface area contributed by atoms with Crippen molar-refractivity contribution in [3.05, 3.63) is 29.3 Å². The van der Waals surface area contributed by atoms with Crippen molar-refractivity contribution in [3.63, 3.8) is 0 Å². The lowest BCUT2D eigenvalue weighted by atomic mass is 10.0. The van der Waals surface area contributed by atoms with Gasteiger partial charge in [0.2, 0.25) is 0 Å². The highest BCUT2D eigenvalue weighted by atomic mass is 32.2. The molecule has 0 spiro atoms. The summed E-state index contributed by atoms with van der Waals surface area (Å²) >= 11 is 1.91. The van der Waals surface area contributed by atoms with E-state index in [1.165, 1.54) is 35.5 Å². The molecule has 0 aromatic heterocycles. The highest BCUT2D eigenvalue weighted by molar-refractivity contribution is 7.99. The fourth-order valence-electron chi connectivity index (χ4n) is 2.16. The first-order valence-electron chi connectivity index (χ1n) is 6.35. The molecule has 2 nitrogen and oxygen atoms in total. The number of nitrogens with one attached hydrogen (secondary N) is 1. The van der Waals surface area contributed by atoms with Crippen LogP contribution >= 0.6 is 11.8 Å². The zero-order valence-electron chi connectivity index (χ0n) is 9.87. The van der Waals surface area contributed by atoms with Crippen molar-refractivity contribution in [1.29, 1.82) is 0 Å². The predicted molar refractivity (Wildman–Crippen MR) is 70.8 cm³/mol. The summed E-state index contributed by atoms with van der Waals surface area (Å²) in [5, 5.41) is 3.28. The van der Waals surface area contributed by atoms with Crippen molar-refractivity contribution in [2.75, 3.05) is 12.3 Å². The van der Waals surface area contributed by atoms with Gasteiger partial charge in [0, 0.05) is 16.5 Å². The molecule has 0 bridgehead atoms. The van der Waals surface area contributed by atoms with Crippen LogP contribution < -0.4 is 5.32 Å². The zero-order valence-corrected chi connectivity index (χ0v) is 10.7. The predicted octanol–water partition coefficient (Wildman–Crippen LogP) is 2.66. The second-order valence-corrected chi connectivity index (χ2v) is 5.99. The van der Waals surface area contributed by atoms with E-state index in [1.807, 2.05) is 17.8 Å². The van der Waals surface area contributed by atoms with Crippen molar-refractivity contribution in [1.82, 2.24) is 5.32 Å². The lowest BCUT2D eigenvalue weighted by molar-refractivity contribution is 0.0990. The summed E-state index contributed by atoms with van der Waals surface area (Å²) in [4.78, 5) is 13.4. The van der Waals surface area contributed by atoms with Crippen LogP contribution in [-0.2, 0) is 6.42 Å². The van der Waals surface area contributed by atoms with Gasteiger partial charge in [0.1, 0.15) is 0 Å². The van der Waals surface area contributed by atoms with Gasteiger partial charge in [-0.05, 0) is 49.1 Å². The molecule has 2 aliphatic rings. The van der Waals surface area contributed by atoms with Gasteiger partial charge in [0.15, 0.2) is 5.78 Å². The van der Waals surface area contributed by atoms with E-state index in [0.29, 0.717) is 12.6 Å². The van der Waals surface area contributed by atoms with Crippen LogP contribution in [0.1, 0.15) is 35.2 Å².